The largest absolute Gasteiger partial charge is 0.490 e. The van der Waals surface area contributed by atoms with Crippen LogP contribution in [-0.4, -0.2) is 26.3 Å². The number of thioether (sulfide) groups is 1. The van der Waals surface area contributed by atoms with E-state index in [1.54, 1.807) is 23.1 Å². The van der Waals surface area contributed by atoms with Crippen molar-refractivity contribution in [2.45, 2.75) is 26.9 Å². The highest BCUT2D eigenvalue weighted by Gasteiger charge is 2.32. The monoisotopic (exact) mass is 566 g/mol. The summed E-state index contributed by atoms with van der Waals surface area (Å²) in [5, 5.41) is 2.18. The molecule has 1 saturated heterocycles. The van der Waals surface area contributed by atoms with Crippen molar-refractivity contribution in [3.8, 4) is 5.75 Å². The number of ether oxygens (including phenoxy) is 1. The van der Waals surface area contributed by atoms with Gasteiger partial charge in [0.1, 0.15) is 16.7 Å². The van der Waals surface area contributed by atoms with Gasteiger partial charge in [-0.1, -0.05) is 89.1 Å². The van der Waals surface area contributed by atoms with Gasteiger partial charge in [-0.3, -0.25) is 9.69 Å². The Balaban J connectivity index is 1.44. The zero-order valence-corrected chi connectivity index (χ0v) is 23.5. The molecule has 0 radical (unpaired) electrons. The van der Waals surface area contributed by atoms with Crippen LogP contribution >= 0.6 is 47.2 Å². The van der Waals surface area contributed by atoms with Crippen LogP contribution in [0.2, 0.25) is 10.0 Å². The quantitative estimate of drug-likeness (QED) is 0.167. The molecule has 1 amide bonds. The van der Waals surface area contributed by atoms with Crippen LogP contribution in [0.1, 0.15) is 22.4 Å². The van der Waals surface area contributed by atoms with Gasteiger partial charge in [0.25, 0.3) is 5.91 Å². The molecule has 5 rings (SSSR count). The molecule has 0 aliphatic carbocycles. The van der Waals surface area contributed by atoms with E-state index in [-0.39, 0.29) is 5.91 Å². The Morgan fingerprint density at radius 3 is 2.59 bits per heavy atom. The minimum atomic E-state index is -0.0641. The van der Waals surface area contributed by atoms with Gasteiger partial charge in [0, 0.05) is 33.2 Å². The maximum atomic E-state index is 13.3. The number of hydrogen-bond donors (Lipinski definition) is 0. The van der Waals surface area contributed by atoms with E-state index in [0.717, 1.165) is 33.3 Å². The highest BCUT2D eigenvalue weighted by Crippen LogP contribution is 2.37. The average molecular weight is 568 g/mol. The van der Waals surface area contributed by atoms with Crippen molar-refractivity contribution in [1.82, 2.24) is 9.47 Å². The Morgan fingerprint density at radius 2 is 1.81 bits per heavy atom. The van der Waals surface area contributed by atoms with Crippen molar-refractivity contribution < 1.29 is 9.53 Å². The lowest BCUT2D eigenvalue weighted by atomic mass is 10.1. The molecule has 2 heterocycles. The van der Waals surface area contributed by atoms with Gasteiger partial charge in [0.2, 0.25) is 0 Å². The fourth-order valence-corrected chi connectivity index (χ4v) is 6.03. The summed E-state index contributed by atoms with van der Waals surface area (Å²) >= 11 is 19.3. The van der Waals surface area contributed by atoms with Crippen LogP contribution in [0.5, 0.6) is 5.75 Å². The van der Waals surface area contributed by atoms with Gasteiger partial charge in [-0.05, 0) is 49.8 Å². The van der Waals surface area contributed by atoms with Crippen molar-refractivity contribution in [2.24, 2.45) is 0 Å². The van der Waals surface area contributed by atoms with Gasteiger partial charge in [0.05, 0.1) is 23.0 Å². The third kappa shape index (κ3) is 5.43. The molecule has 37 heavy (non-hydrogen) atoms. The highest BCUT2D eigenvalue weighted by atomic mass is 35.5. The van der Waals surface area contributed by atoms with Gasteiger partial charge in [-0.15, -0.1) is 0 Å². The number of rotatable bonds is 7. The average Bonchev–Trinajstić information content (AvgIpc) is 3.29. The number of thiocarbonyl (C=S) groups is 1. The molecule has 1 aromatic heterocycles. The molecule has 0 unspecified atom stereocenters. The lowest BCUT2D eigenvalue weighted by Gasteiger charge is -2.14. The Kier molecular flexibility index (Phi) is 7.63. The first-order valence-electron chi connectivity index (χ1n) is 11.8. The second kappa shape index (κ2) is 10.9. The van der Waals surface area contributed by atoms with E-state index in [4.69, 9.17) is 40.2 Å². The molecule has 0 saturated carbocycles. The molecule has 4 nitrogen and oxygen atoms in total. The first-order valence-corrected chi connectivity index (χ1v) is 13.8. The summed E-state index contributed by atoms with van der Waals surface area (Å²) in [4.78, 5) is 15.6. The number of carbonyl (C=O) groups is 1. The van der Waals surface area contributed by atoms with E-state index in [0.29, 0.717) is 44.7 Å². The summed E-state index contributed by atoms with van der Waals surface area (Å²) in [7, 11) is 0. The fraction of sp³-hybridized carbons (Fsp3) is 0.172. The molecule has 188 valence electrons. The molecule has 1 aliphatic heterocycles. The maximum absolute atomic E-state index is 13.3. The first kappa shape index (κ1) is 25.9. The second-order valence-corrected chi connectivity index (χ2v) is 11.4. The first-order chi connectivity index (χ1) is 17.8. The fourth-order valence-electron chi connectivity index (χ4n) is 4.46. The van der Waals surface area contributed by atoms with Gasteiger partial charge < -0.3 is 9.30 Å². The molecule has 0 bridgehead atoms. The topological polar surface area (TPSA) is 34.5 Å². The van der Waals surface area contributed by atoms with E-state index in [1.165, 1.54) is 11.8 Å². The van der Waals surface area contributed by atoms with Gasteiger partial charge in [0.15, 0.2) is 0 Å². The third-order valence-corrected chi connectivity index (χ3v) is 8.25. The number of carbonyl (C=O) groups excluding carboxylic acids is 1. The van der Waals surface area contributed by atoms with Gasteiger partial charge in [-0.25, -0.2) is 0 Å². The smallest absolute Gasteiger partial charge is 0.266 e. The Bertz CT molecular complexity index is 1550. The number of hydrogen-bond acceptors (Lipinski definition) is 4. The molecule has 4 aromatic rings. The molecule has 0 spiro atoms. The summed E-state index contributed by atoms with van der Waals surface area (Å²) in [6.45, 7) is 5.62. The normalized spacial score (nSPS) is 14.8. The lowest BCUT2D eigenvalue weighted by molar-refractivity contribution is -0.122. The Morgan fingerprint density at radius 1 is 1.03 bits per heavy atom. The highest BCUT2D eigenvalue weighted by molar-refractivity contribution is 8.26. The van der Waals surface area contributed by atoms with Crippen molar-refractivity contribution in [3.05, 3.63) is 104 Å². The maximum Gasteiger partial charge on any atom is 0.266 e. The summed E-state index contributed by atoms with van der Waals surface area (Å²) in [6, 6.07) is 21.4. The molecule has 1 aliphatic rings. The lowest BCUT2D eigenvalue weighted by Crippen LogP contribution is -2.27. The van der Waals surface area contributed by atoms with Crippen molar-refractivity contribution >= 4 is 74.4 Å². The summed E-state index contributed by atoms with van der Waals surface area (Å²) in [5.74, 6) is 0.493. The van der Waals surface area contributed by atoms with Crippen molar-refractivity contribution in [2.75, 3.05) is 6.61 Å². The van der Waals surface area contributed by atoms with E-state index >= 15 is 0 Å². The summed E-state index contributed by atoms with van der Waals surface area (Å²) in [6.07, 6.45) is 1.98. The van der Waals surface area contributed by atoms with Crippen LogP contribution in [0.25, 0.3) is 17.0 Å². The molecule has 8 heteroatoms. The third-order valence-electron chi connectivity index (χ3n) is 6.33. The number of nitrogens with zero attached hydrogens (tertiary/aromatic N) is 2. The number of amides is 1. The number of benzene rings is 3. The zero-order valence-electron chi connectivity index (χ0n) is 20.3. The predicted octanol–water partition coefficient (Wildman–Crippen LogP) is 8.05. The van der Waals surface area contributed by atoms with Crippen LogP contribution < -0.4 is 4.74 Å². The van der Waals surface area contributed by atoms with Crippen LogP contribution in [0, 0.1) is 13.8 Å². The van der Waals surface area contributed by atoms with Gasteiger partial charge in [-0.2, -0.15) is 0 Å². The predicted molar refractivity (Wildman–Crippen MR) is 159 cm³/mol. The molecule has 0 atom stereocenters. The number of aromatic nitrogens is 1. The van der Waals surface area contributed by atoms with Crippen LogP contribution in [-0.2, 0) is 17.9 Å². The number of aryl methyl sites for hydroxylation is 1. The van der Waals surface area contributed by atoms with Gasteiger partial charge >= 0.3 is 0 Å². The molecule has 0 N–H and O–H groups in total. The summed E-state index contributed by atoms with van der Waals surface area (Å²) in [5.41, 5.74) is 5.34. The van der Waals surface area contributed by atoms with Crippen LogP contribution in [0.3, 0.4) is 0 Å². The van der Waals surface area contributed by atoms with E-state index < -0.39 is 0 Å². The SMILES string of the molecule is Cc1ccc2c(c1)c(/C=C1\SC(=S)N(Cc3ccccc3)C1=O)c(C)n2CCOc1cc(Cl)ccc1Cl. The second-order valence-electron chi connectivity index (χ2n) is 8.85. The molecule has 3 aromatic carbocycles. The number of halogens is 2. The number of fused-ring (bicyclic) bond motifs is 1. The standard InChI is InChI=1S/C29H24Cl2N2O2S2/c1-18-8-11-25-23(14-18)22(19(2)32(25)12-13-35-26-15-21(30)9-10-24(26)31)16-27-28(34)33(29(36)37-27)17-20-6-4-3-5-7-20/h3-11,14-16H,12-13,17H2,1-2H3/b27-16-. The minimum Gasteiger partial charge on any atom is -0.490 e. The van der Waals surface area contributed by atoms with E-state index in [9.17, 15) is 4.79 Å². The Hall–Kier alpha value is -2.77. The molecular formula is C29H24Cl2N2O2S2. The van der Waals surface area contributed by atoms with Crippen molar-refractivity contribution in [1.29, 1.82) is 0 Å². The Labute approximate surface area is 235 Å². The molecule has 1 fully saturated rings. The van der Waals surface area contributed by atoms with Crippen LogP contribution in [0.4, 0.5) is 0 Å². The summed E-state index contributed by atoms with van der Waals surface area (Å²) < 4.78 is 8.74. The minimum absolute atomic E-state index is 0.0641. The molecular weight excluding hydrogens is 543 g/mol. The van der Waals surface area contributed by atoms with E-state index in [1.807, 2.05) is 36.4 Å². The van der Waals surface area contributed by atoms with E-state index in [2.05, 4.69) is 36.6 Å². The zero-order chi connectivity index (χ0) is 26.1. The van der Waals surface area contributed by atoms with Crippen LogP contribution in [0.15, 0.2) is 71.6 Å². The van der Waals surface area contributed by atoms with Crippen molar-refractivity contribution in [3.63, 3.8) is 0 Å².